The second-order valence-electron chi connectivity index (χ2n) is 3.99. The molecule has 3 rings (SSSR count). The zero-order valence-corrected chi connectivity index (χ0v) is 9.43. The van der Waals surface area contributed by atoms with Crippen LogP contribution in [0.15, 0.2) is 46.9 Å². The summed E-state index contributed by atoms with van der Waals surface area (Å²) in [5.74, 6) is 0.0467. The molecule has 0 radical (unpaired) electrons. The van der Waals surface area contributed by atoms with Gasteiger partial charge in [0.25, 0.3) is 0 Å². The van der Waals surface area contributed by atoms with Gasteiger partial charge in [-0.3, -0.25) is 0 Å². The quantitative estimate of drug-likeness (QED) is 0.752. The largest absolute Gasteiger partial charge is 0.436 e. The first-order valence-electron chi connectivity index (χ1n) is 5.52. The van der Waals surface area contributed by atoms with Crippen molar-refractivity contribution >= 4 is 11.1 Å². The molecule has 1 heterocycles. The zero-order chi connectivity index (χ0) is 12.5. The van der Waals surface area contributed by atoms with Gasteiger partial charge in [-0.2, -0.15) is 0 Å². The van der Waals surface area contributed by atoms with Crippen molar-refractivity contribution in [2.45, 2.75) is 6.61 Å². The number of aliphatic hydroxyl groups is 1. The Labute approximate surface area is 103 Å². The lowest BCUT2D eigenvalue weighted by molar-refractivity contribution is 0.282. The van der Waals surface area contributed by atoms with E-state index in [4.69, 9.17) is 9.52 Å². The van der Waals surface area contributed by atoms with Crippen LogP contribution in [0.5, 0.6) is 0 Å². The fourth-order valence-electron chi connectivity index (χ4n) is 1.82. The number of hydrogen-bond donors (Lipinski definition) is 1. The highest BCUT2D eigenvalue weighted by molar-refractivity contribution is 5.76. The van der Waals surface area contributed by atoms with E-state index >= 15 is 0 Å². The van der Waals surface area contributed by atoms with Crippen molar-refractivity contribution in [3.8, 4) is 11.5 Å². The Bertz CT molecular complexity index is 706. The number of hydrogen-bond acceptors (Lipinski definition) is 3. The van der Waals surface area contributed by atoms with Gasteiger partial charge < -0.3 is 9.52 Å². The molecule has 0 saturated heterocycles. The third-order valence-corrected chi connectivity index (χ3v) is 2.71. The topological polar surface area (TPSA) is 46.3 Å². The Balaban J connectivity index is 2.13. The Morgan fingerprint density at radius 1 is 1.17 bits per heavy atom. The molecule has 2 aromatic carbocycles. The maximum absolute atomic E-state index is 13.1. The van der Waals surface area contributed by atoms with Crippen LogP contribution in [0.2, 0.25) is 0 Å². The van der Waals surface area contributed by atoms with E-state index in [1.807, 2.05) is 0 Å². The number of oxazole rings is 1. The summed E-state index contributed by atoms with van der Waals surface area (Å²) in [4.78, 5) is 4.29. The Morgan fingerprint density at radius 2 is 2.06 bits per heavy atom. The molecule has 0 aliphatic rings. The minimum atomic E-state index is -0.328. The van der Waals surface area contributed by atoms with E-state index in [0.717, 1.165) is 5.56 Å². The van der Waals surface area contributed by atoms with E-state index in [1.54, 1.807) is 30.3 Å². The van der Waals surface area contributed by atoms with Crippen molar-refractivity contribution in [3.63, 3.8) is 0 Å². The highest BCUT2D eigenvalue weighted by Gasteiger charge is 2.09. The second-order valence-corrected chi connectivity index (χ2v) is 3.99. The van der Waals surface area contributed by atoms with Crippen LogP contribution in [0, 0.1) is 5.82 Å². The summed E-state index contributed by atoms with van der Waals surface area (Å²) in [6, 6.07) is 11.4. The SMILES string of the molecule is OCc1ccc2oc(-c3cccc(F)c3)nc2c1. The van der Waals surface area contributed by atoms with Gasteiger partial charge >= 0.3 is 0 Å². The van der Waals surface area contributed by atoms with E-state index in [0.29, 0.717) is 22.6 Å². The van der Waals surface area contributed by atoms with Gasteiger partial charge in [-0.1, -0.05) is 12.1 Å². The zero-order valence-electron chi connectivity index (χ0n) is 9.43. The molecule has 0 fully saturated rings. The van der Waals surface area contributed by atoms with Crippen LogP contribution < -0.4 is 0 Å². The highest BCUT2D eigenvalue weighted by atomic mass is 19.1. The fourth-order valence-corrected chi connectivity index (χ4v) is 1.82. The molecular weight excluding hydrogens is 233 g/mol. The van der Waals surface area contributed by atoms with Gasteiger partial charge in [0, 0.05) is 5.56 Å². The molecule has 4 heteroatoms. The maximum atomic E-state index is 13.1. The first kappa shape index (κ1) is 10.9. The Kier molecular flexibility index (Phi) is 2.57. The summed E-state index contributed by atoms with van der Waals surface area (Å²) < 4.78 is 18.7. The third kappa shape index (κ3) is 1.87. The van der Waals surface area contributed by atoms with Crippen LogP contribution in [0.3, 0.4) is 0 Å². The van der Waals surface area contributed by atoms with E-state index in [-0.39, 0.29) is 12.4 Å². The number of fused-ring (bicyclic) bond motifs is 1. The van der Waals surface area contributed by atoms with Crippen LogP contribution in [0.25, 0.3) is 22.6 Å². The van der Waals surface area contributed by atoms with Gasteiger partial charge in [0.2, 0.25) is 5.89 Å². The predicted octanol–water partition coefficient (Wildman–Crippen LogP) is 3.13. The Morgan fingerprint density at radius 3 is 2.83 bits per heavy atom. The summed E-state index contributed by atoms with van der Waals surface area (Å²) in [6.07, 6.45) is 0. The molecule has 0 aliphatic carbocycles. The average Bonchev–Trinajstić information content (AvgIpc) is 2.81. The molecule has 0 amide bonds. The Hall–Kier alpha value is -2.20. The lowest BCUT2D eigenvalue weighted by atomic mass is 10.2. The van der Waals surface area contributed by atoms with Crippen LogP contribution in [0.1, 0.15) is 5.56 Å². The lowest BCUT2D eigenvalue weighted by Crippen LogP contribution is -1.81. The number of aliphatic hydroxyl groups excluding tert-OH is 1. The van der Waals surface area contributed by atoms with Crippen LogP contribution in [0.4, 0.5) is 4.39 Å². The molecule has 1 N–H and O–H groups in total. The van der Waals surface area contributed by atoms with Crippen LogP contribution >= 0.6 is 0 Å². The molecule has 3 aromatic rings. The number of halogens is 1. The fraction of sp³-hybridized carbons (Fsp3) is 0.0714. The summed E-state index contributed by atoms with van der Waals surface area (Å²) in [6.45, 7) is -0.0436. The molecule has 0 spiro atoms. The van der Waals surface area contributed by atoms with E-state index in [9.17, 15) is 4.39 Å². The van der Waals surface area contributed by atoms with Gasteiger partial charge in [-0.05, 0) is 35.9 Å². The predicted molar refractivity (Wildman–Crippen MR) is 65.3 cm³/mol. The first-order valence-corrected chi connectivity index (χ1v) is 5.52. The minimum Gasteiger partial charge on any atom is -0.436 e. The van der Waals surface area contributed by atoms with Crippen LogP contribution in [-0.2, 0) is 6.61 Å². The van der Waals surface area contributed by atoms with Crippen molar-refractivity contribution in [1.82, 2.24) is 4.98 Å². The molecule has 1 aromatic heterocycles. The van der Waals surface area contributed by atoms with Crippen molar-refractivity contribution in [3.05, 3.63) is 53.8 Å². The van der Waals surface area contributed by atoms with Gasteiger partial charge in [0.05, 0.1) is 6.61 Å². The van der Waals surface area contributed by atoms with Crippen molar-refractivity contribution in [1.29, 1.82) is 0 Å². The van der Waals surface area contributed by atoms with E-state index in [1.165, 1.54) is 12.1 Å². The summed E-state index contributed by atoms with van der Waals surface area (Å²) in [7, 11) is 0. The molecule has 18 heavy (non-hydrogen) atoms. The number of rotatable bonds is 2. The normalized spacial score (nSPS) is 11.0. The third-order valence-electron chi connectivity index (χ3n) is 2.71. The average molecular weight is 243 g/mol. The lowest BCUT2D eigenvalue weighted by Gasteiger charge is -1.93. The number of aromatic nitrogens is 1. The molecule has 3 nitrogen and oxygen atoms in total. The maximum Gasteiger partial charge on any atom is 0.227 e. The number of nitrogens with zero attached hydrogens (tertiary/aromatic N) is 1. The minimum absolute atomic E-state index is 0.0436. The molecule has 90 valence electrons. The first-order chi connectivity index (χ1) is 8.76. The summed E-state index contributed by atoms with van der Waals surface area (Å²) in [5.41, 5.74) is 2.63. The molecule has 0 atom stereocenters. The van der Waals surface area contributed by atoms with Crippen molar-refractivity contribution in [2.75, 3.05) is 0 Å². The monoisotopic (exact) mass is 243 g/mol. The smallest absolute Gasteiger partial charge is 0.227 e. The molecule has 0 aliphatic heterocycles. The molecule has 0 unspecified atom stereocenters. The number of benzene rings is 2. The molecule has 0 saturated carbocycles. The van der Waals surface area contributed by atoms with E-state index < -0.39 is 0 Å². The molecular formula is C14H10FNO2. The molecule has 0 bridgehead atoms. The second kappa shape index (κ2) is 4.23. The van der Waals surface area contributed by atoms with Crippen LogP contribution in [-0.4, -0.2) is 10.1 Å². The van der Waals surface area contributed by atoms with Crippen molar-refractivity contribution in [2.24, 2.45) is 0 Å². The standard InChI is InChI=1S/C14H10FNO2/c15-11-3-1-2-10(7-11)14-16-12-6-9(8-17)4-5-13(12)18-14/h1-7,17H,8H2. The van der Waals surface area contributed by atoms with Crippen molar-refractivity contribution < 1.29 is 13.9 Å². The van der Waals surface area contributed by atoms with Gasteiger partial charge in [-0.15, -0.1) is 0 Å². The van der Waals surface area contributed by atoms with E-state index in [2.05, 4.69) is 4.98 Å². The van der Waals surface area contributed by atoms with Gasteiger partial charge in [-0.25, -0.2) is 9.37 Å². The van der Waals surface area contributed by atoms with Gasteiger partial charge in [0.1, 0.15) is 11.3 Å². The van der Waals surface area contributed by atoms with Gasteiger partial charge in [0.15, 0.2) is 5.58 Å². The highest BCUT2D eigenvalue weighted by Crippen LogP contribution is 2.25. The summed E-state index contributed by atoms with van der Waals surface area (Å²) in [5, 5.41) is 9.05. The summed E-state index contributed by atoms with van der Waals surface area (Å²) >= 11 is 0.